The van der Waals surface area contributed by atoms with Gasteiger partial charge in [0.15, 0.2) is 0 Å². The lowest BCUT2D eigenvalue weighted by molar-refractivity contribution is 0.308. The van der Waals surface area contributed by atoms with E-state index in [-0.39, 0.29) is 17.3 Å². The highest BCUT2D eigenvalue weighted by atomic mass is 32.2. The molecule has 1 rings (SSSR count). The Morgan fingerprint density at radius 1 is 1.00 bits per heavy atom. The van der Waals surface area contributed by atoms with Gasteiger partial charge in [0.05, 0.1) is 17.3 Å². The van der Waals surface area contributed by atoms with Crippen LogP contribution in [-0.2, 0) is 24.3 Å². The van der Waals surface area contributed by atoms with Gasteiger partial charge in [-0.3, -0.25) is 4.18 Å². The highest BCUT2D eigenvalue weighted by Gasteiger charge is 2.14. The zero-order chi connectivity index (χ0) is 15.9. The molecule has 0 aliphatic rings. The fourth-order valence-electron chi connectivity index (χ4n) is 1.61. The van der Waals surface area contributed by atoms with Gasteiger partial charge in [-0.15, -0.1) is 0 Å². The lowest BCUT2D eigenvalue weighted by atomic mass is 10.2. The van der Waals surface area contributed by atoms with Gasteiger partial charge in [0.25, 0.3) is 10.1 Å². The second-order valence-electron chi connectivity index (χ2n) is 4.67. The van der Waals surface area contributed by atoms with Crippen LogP contribution < -0.4 is 4.72 Å². The molecule has 0 bridgehead atoms. The van der Waals surface area contributed by atoms with Crippen molar-refractivity contribution in [2.45, 2.75) is 31.1 Å². The van der Waals surface area contributed by atoms with Gasteiger partial charge in [0.1, 0.15) is 0 Å². The molecule has 0 amide bonds. The highest BCUT2D eigenvalue weighted by Crippen LogP contribution is 2.13. The molecule has 1 N–H and O–H groups in total. The van der Waals surface area contributed by atoms with E-state index in [0.717, 1.165) is 5.56 Å². The van der Waals surface area contributed by atoms with Gasteiger partial charge in [-0.25, -0.2) is 13.1 Å². The number of hydrogen-bond donors (Lipinski definition) is 1. The summed E-state index contributed by atoms with van der Waals surface area (Å²) in [6.07, 6.45) is 1.55. The average molecular weight is 335 g/mol. The molecule has 1 aromatic carbocycles. The first kappa shape index (κ1) is 18.1. The third-order valence-electron chi connectivity index (χ3n) is 2.92. The Bertz CT molecular complexity index is 636. The van der Waals surface area contributed by atoms with E-state index in [2.05, 4.69) is 4.72 Å². The zero-order valence-electron chi connectivity index (χ0n) is 12.2. The van der Waals surface area contributed by atoms with Crippen LogP contribution in [-0.4, -0.2) is 36.2 Å². The Morgan fingerprint density at radius 3 is 2.19 bits per heavy atom. The molecule has 0 spiro atoms. The van der Waals surface area contributed by atoms with Crippen LogP contribution in [0.15, 0.2) is 29.2 Å². The third-order valence-corrected chi connectivity index (χ3v) is 5.69. The second kappa shape index (κ2) is 7.88. The molecule has 0 saturated carbocycles. The summed E-state index contributed by atoms with van der Waals surface area (Å²) < 4.78 is 53.2. The molecular weight excluding hydrogens is 314 g/mol. The van der Waals surface area contributed by atoms with E-state index in [0.29, 0.717) is 19.3 Å². The van der Waals surface area contributed by atoms with Gasteiger partial charge in [-0.1, -0.05) is 24.1 Å². The maximum atomic E-state index is 11.9. The van der Waals surface area contributed by atoms with Gasteiger partial charge in [-0.2, -0.15) is 8.42 Å². The number of rotatable bonds is 9. The van der Waals surface area contributed by atoms with Crippen molar-refractivity contribution in [1.29, 1.82) is 0 Å². The number of sulfonamides is 1. The quantitative estimate of drug-likeness (QED) is 0.544. The van der Waals surface area contributed by atoms with Crippen molar-refractivity contribution in [3.8, 4) is 0 Å². The van der Waals surface area contributed by atoms with Crippen molar-refractivity contribution in [3.05, 3.63) is 29.8 Å². The first-order chi connectivity index (χ1) is 9.77. The van der Waals surface area contributed by atoms with Crippen molar-refractivity contribution in [3.63, 3.8) is 0 Å². The fraction of sp³-hybridized carbons (Fsp3) is 0.538. The molecule has 0 radical (unpaired) electrons. The van der Waals surface area contributed by atoms with Crippen LogP contribution in [0.2, 0.25) is 0 Å². The normalized spacial score (nSPS) is 12.5. The van der Waals surface area contributed by atoms with Crippen LogP contribution in [0.1, 0.15) is 24.8 Å². The molecule has 0 aliphatic carbocycles. The Balaban J connectivity index is 2.34. The van der Waals surface area contributed by atoms with Crippen LogP contribution in [0.4, 0.5) is 0 Å². The summed E-state index contributed by atoms with van der Waals surface area (Å²) in [6, 6.07) is 6.42. The molecule has 0 fully saturated rings. The number of unbranched alkanes of at least 4 members (excludes halogenated alkanes) is 2. The van der Waals surface area contributed by atoms with Gasteiger partial charge >= 0.3 is 0 Å². The molecule has 0 heterocycles. The molecule has 0 aromatic heterocycles. The largest absolute Gasteiger partial charge is 0.296 e. The number of hydrogen-bond acceptors (Lipinski definition) is 5. The Labute approximate surface area is 126 Å². The molecule has 120 valence electrons. The monoisotopic (exact) mass is 335 g/mol. The van der Waals surface area contributed by atoms with Gasteiger partial charge in [-0.05, 0) is 38.9 Å². The number of benzene rings is 1. The van der Waals surface area contributed by atoms with Crippen molar-refractivity contribution in [2.24, 2.45) is 0 Å². The summed E-state index contributed by atoms with van der Waals surface area (Å²) in [5, 5.41) is 0. The molecule has 0 saturated heterocycles. The Kier molecular flexibility index (Phi) is 6.79. The van der Waals surface area contributed by atoms with E-state index in [9.17, 15) is 16.8 Å². The number of aryl methyl sites for hydroxylation is 1. The minimum Gasteiger partial charge on any atom is -0.266 e. The van der Waals surface area contributed by atoms with E-state index < -0.39 is 20.1 Å². The molecule has 1 aromatic rings. The maximum absolute atomic E-state index is 11.9. The molecule has 0 unspecified atom stereocenters. The third kappa shape index (κ3) is 6.56. The fourth-order valence-corrected chi connectivity index (χ4v) is 3.35. The smallest absolute Gasteiger partial charge is 0.266 e. The minimum absolute atomic E-state index is 0.0359. The minimum atomic E-state index is -3.73. The first-order valence-electron chi connectivity index (χ1n) is 6.64. The zero-order valence-corrected chi connectivity index (χ0v) is 13.8. The maximum Gasteiger partial charge on any atom is 0.296 e. The van der Waals surface area contributed by atoms with Gasteiger partial charge in [0.2, 0.25) is 10.0 Å². The van der Waals surface area contributed by atoms with Crippen LogP contribution in [0.3, 0.4) is 0 Å². The number of nitrogens with one attached hydrogen (secondary N) is 1. The summed E-state index contributed by atoms with van der Waals surface area (Å²) in [7, 11) is -5.55. The van der Waals surface area contributed by atoms with Crippen LogP contribution in [0.25, 0.3) is 0 Å². The van der Waals surface area contributed by atoms with E-state index >= 15 is 0 Å². The molecular formula is C13H21NO5S2. The predicted molar refractivity (Wildman–Crippen MR) is 81.0 cm³/mol. The first-order valence-corrected chi connectivity index (χ1v) is 9.70. The Morgan fingerprint density at radius 2 is 1.62 bits per heavy atom. The lowest BCUT2D eigenvalue weighted by Gasteiger charge is -2.06. The molecule has 6 nitrogen and oxygen atoms in total. The standard InChI is InChI=1S/C13H21NO5S2/c1-12-6-8-13(9-7-12)21(17,18)19-10-4-3-5-11-20(15,16)14-2/h6-9,14H,3-5,10-11H2,1-2H3. The molecule has 0 atom stereocenters. The topological polar surface area (TPSA) is 89.5 Å². The molecule has 0 aliphatic heterocycles. The van der Waals surface area contributed by atoms with Crippen LogP contribution in [0, 0.1) is 6.92 Å². The summed E-state index contributed by atoms with van der Waals surface area (Å²) >= 11 is 0. The molecule has 8 heteroatoms. The summed E-state index contributed by atoms with van der Waals surface area (Å²) in [5.74, 6) is 0.0359. The van der Waals surface area contributed by atoms with E-state index in [1.54, 1.807) is 12.1 Å². The van der Waals surface area contributed by atoms with Crippen LogP contribution >= 0.6 is 0 Å². The van der Waals surface area contributed by atoms with Gasteiger partial charge in [0, 0.05) is 0 Å². The van der Waals surface area contributed by atoms with Gasteiger partial charge < -0.3 is 0 Å². The Hall–Kier alpha value is -0.960. The molecule has 21 heavy (non-hydrogen) atoms. The van der Waals surface area contributed by atoms with E-state index in [1.807, 2.05) is 6.92 Å². The van der Waals surface area contributed by atoms with E-state index in [1.165, 1.54) is 19.2 Å². The second-order valence-corrected chi connectivity index (χ2v) is 8.33. The van der Waals surface area contributed by atoms with E-state index in [4.69, 9.17) is 4.18 Å². The van der Waals surface area contributed by atoms with Crippen molar-refractivity contribution >= 4 is 20.1 Å². The van der Waals surface area contributed by atoms with Crippen molar-refractivity contribution in [2.75, 3.05) is 19.4 Å². The average Bonchev–Trinajstić information content (AvgIpc) is 2.43. The van der Waals surface area contributed by atoms with Crippen molar-refractivity contribution in [1.82, 2.24) is 4.72 Å². The summed E-state index contributed by atoms with van der Waals surface area (Å²) in [4.78, 5) is 0.130. The SMILES string of the molecule is CNS(=O)(=O)CCCCCOS(=O)(=O)c1ccc(C)cc1. The predicted octanol–water partition coefficient (Wildman–Crippen LogP) is 1.42. The van der Waals surface area contributed by atoms with Crippen LogP contribution in [0.5, 0.6) is 0 Å². The highest BCUT2D eigenvalue weighted by molar-refractivity contribution is 7.89. The van der Waals surface area contributed by atoms with Crippen molar-refractivity contribution < 1.29 is 21.0 Å². The lowest BCUT2D eigenvalue weighted by Crippen LogP contribution is -2.21. The summed E-state index contributed by atoms with van der Waals surface area (Å²) in [6.45, 7) is 1.92. The summed E-state index contributed by atoms with van der Waals surface area (Å²) in [5.41, 5.74) is 0.972.